The molecule has 3 rings (SSSR count). The monoisotopic (exact) mass is 322 g/mol. The van der Waals surface area contributed by atoms with E-state index in [2.05, 4.69) is 15.5 Å². The number of aryl methyl sites for hydroxylation is 1. The van der Waals surface area contributed by atoms with Crippen LogP contribution in [0.4, 0.5) is 4.79 Å². The van der Waals surface area contributed by atoms with Gasteiger partial charge in [-0.15, -0.1) is 0 Å². The number of aromatic nitrogens is 2. The Morgan fingerprint density at radius 2 is 2.13 bits per heavy atom. The molecule has 2 amide bonds. The summed E-state index contributed by atoms with van der Waals surface area (Å²) >= 11 is 0. The lowest BCUT2D eigenvalue weighted by Crippen LogP contribution is -2.50. The Balaban J connectivity index is 1.44. The zero-order chi connectivity index (χ0) is 16.1. The summed E-state index contributed by atoms with van der Waals surface area (Å²) in [6, 6.07) is 0.401. The predicted molar refractivity (Wildman–Crippen MR) is 83.8 cm³/mol. The minimum Gasteiger partial charge on any atom is -0.367 e. The number of ether oxygens (including phenoxy) is 1. The first kappa shape index (κ1) is 16.2. The first-order valence-electron chi connectivity index (χ1n) is 8.67. The van der Waals surface area contributed by atoms with Crippen molar-refractivity contribution < 1.29 is 14.1 Å². The molecule has 128 valence electrons. The van der Waals surface area contributed by atoms with E-state index in [1.165, 1.54) is 19.3 Å². The van der Waals surface area contributed by atoms with Gasteiger partial charge in [0.2, 0.25) is 0 Å². The molecule has 1 saturated heterocycles. The first-order valence-corrected chi connectivity index (χ1v) is 8.67. The first-order chi connectivity index (χ1) is 11.2. The van der Waals surface area contributed by atoms with Crippen LogP contribution in [-0.2, 0) is 11.3 Å². The zero-order valence-corrected chi connectivity index (χ0v) is 13.8. The highest BCUT2D eigenvalue weighted by Crippen LogP contribution is 2.19. The van der Waals surface area contributed by atoms with Crippen LogP contribution in [0.15, 0.2) is 4.52 Å². The van der Waals surface area contributed by atoms with Crippen molar-refractivity contribution in [3.05, 3.63) is 11.7 Å². The fraction of sp³-hybridized carbons (Fsp3) is 0.812. The maximum Gasteiger partial charge on any atom is 0.317 e. The predicted octanol–water partition coefficient (Wildman–Crippen LogP) is 2.40. The fourth-order valence-corrected chi connectivity index (χ4v) is 3.36. The van der Waals surface area contributed by atoms with Crippen molar-refractivity contribution in [2.45, 2.75) is 70.6 Å². The molecule has 7 nitrogen and oxygen atoms in total. The lowest BCUT2D eigenvalue weighted by atomic mass is 9.96. The van der Waals surface area contributed by atoms with Gasteiger partial charge in [-0.25, -0.2) is 4.79 Å². The van der Waals surface area contributed by atoms with E-state index < -0.39 is 0 Å². The second-order valence-corrected chi connectivity index (χ2v) is 6.54. The highest BCUT2D eigenvalue weighted by atomic mass is 16.5. The van der Waals surface area contributed by atoms with Crippen LogP contribution in [0.3, 0.4) is 0 Å². The molecule has 1 saturated carbocycles. The number of carbonyl (C=O) groups excluding carboxylic acids is 1. The van der Waals surface area contributed by atoms with Crippen LogP contribution in [0.25, 0.3) is 0 Å². The summed E-state index contributed by atoms with van der Waals surface area (Å²) in [7, 11) is 0. The standard InChI is InChI=1S/C16H26N4O3/c1-12-17-15(23-19-12)11-22-14-8-5-9-20(10-14)16(21)18-13-6-3-2-4-7-13/h13-14H,2-11H2,1H3,(H,18,21)/t14-/m1/s1. The van der Waals surface area contributed by atoms with Crippen molar-refractivity contribution in [2.75, 3.05) is 13.1 Å². The molecule has 2 fully saturated rings. The van der Waals surface area contributed by atoms with Crippen molar-refractivity contribution >= 4 is 6.03 Å². The van der Waals surface area contributed by atoms with Gasteiger partial charge in [0.1, 0.15) is 6.61 Å². The van der Waals surface area contributed by atoms with Crippen LogP contribution in [0.1, 0.15) is 56.7 Å². The topological polar surface area (TPSA) is 80.5 Å². The Hall–Kier alpha value is -1.63. The molecule has 1 aliphatic carbocycles. The largest absolute Gasteiger partial charge is 0.367 e. The Labute approximate surface area is 136 Å². The Kier molecular flexibility index (Phi) is 5.48. The number of rotatable bonds is 4. The number of likely N-dealkylation sites (tertiary alicyclic amines) is 1. The van der Waals surface area contributed by atoms with Crippen LogP contribution >= 0.6 is 0 Å². The van der Waals surface area contributed by atoms with Crippen molar-refractivity contribution in [1.82, 2.24) is 20.4 Å². The molecule has 1 aromatic rings. The van der Waals surface area contributed by atoms with Crippen LogP contribution in [-0.4, -0.2) is 46.3 Å². The number of urea groups is 1. The van der Waals surface area contributed by atoms with Gasteiger partial charge in [-0.2, -0.15) is 4.98 Å². The van der Waals surface area contributed by atoms with Crippen LogP contribution in [0.2, 0.25) is 0 Å². The number of piperidine rings is 1. The third-order valence-corrected chi connectivity index (χ3v) is 4.61. The molecule has 1 N–H and O–H groups in total. The lowest BCUT2D eigenvalue weighted by Gasteiger charge is -2.34. The molecule has 1 aromatic heterocycles. The molecule has 1 aliphatic heterocycles. The summed E-state index contributed by atoms with van der Waals surface area (Å²) < 4.78 is 10.9. The van der Waals surface area contributed by atoms with Crippen LogP contribution in [0.5, 0.6) is 0 Å². The minimum atomic E-state index is 0.0352. The zero-order valence-electron chi connectivity index (χ0n) is 13.8. The van der Waals surface area contributed by atoms with E-state index in [1.54, 1.807) is 6.92 Å². The van der Waals surface area contributed by atoms with Gasteiger partial charge >= 0.3 is 6.03 Å². The van der Waals surface area contributed by atoms with Crippen molar-refractivity contribution in [3.63, 3.8) is 0 Å². The smallest absolute Gasteiger partial charge is 0.317 e. The molecular formula is C16H26N4O3. The van der Waals surface area contributed by atoms with E-state index in [4.69, 9.17) is 9.26 Å². The summed E-state index contributed by atoms with van der Waals surface area (Å²) in [5.74, 6) is 1.10. The van der Waals surface area contributed by atoms with Gasteiger partial charge in [0.15, 0.2) is 5.82 Å². The molecule has 1 atom stereocenters. The van der Waals surface area contributed by atoms with Gasteiger partial charge in [-0.3, -0.25) is 0 Å². The van der Waals surface area contributed by atoms with Crippen LogP contribution in [0, 0.1) is 6.92 Å². The number of hydrogen-bond acceptors (Lipinski definition) is 5. The average Bonchev–Trinajstić information content (AvgIpc) is 3.00. The Morgan fingerprint density at radius 3 is 2.87 bits per heavy atom. The number of hydrogen-bond donors (Lipinski definition) is 1. The van der Waals surface area contributed by atoms with Gasteiger partial charge in [0.05, 0.1) is 6.10 Å². The Bertz CT molecular complexity index is 513. The average molecular weight is 322 g/mol. The highest BCUT2D eigenvalue weighted by molar-refractivity contribution is 5.74. The van der Waals surface area contributed by atoms with E-state index in [1.807, 2.05) is 4.90 Å². The van der Waals surface area contributed by atoms with E-state index in [0.29, 0.717) is 30.9 Å². The lowest BCUT2D eigenvalue weighted by molar-refractivity contribution is -0.0106. The molecule has 2 aliphatic rings. The van der Waals surface area contributed by atoms with Crippen LogP contribution < -0.4 is 5.32 Å². The number of amides is 2. The summed E-state index contributed by atoms with van der Waals surface area (Å²) in [6.45, 7) is 3.53. The normalized spacial score (nSPS) is 23.0. The molecule has 0 bridgehead atoms. The maximum absolute atomic E-state index is 12.4. The number of carbonyl (C=O) groups is 1. The maximum atomic E-state index is 12.4. The van der Waals surface area contributed by atoms with E-state index in [-0.39, 0.29) is 12.1 Å². The summed E-state index contributed by atoms with van der Waals surface area (Å²) in [5.41, 5.74) is 0. The van der Waals surface area contributed by atoms with Gasteiger partial charge < -0.3 is 19.5 Å². The minimum absolute atomic E-state index is 0.0352. The van der Waals surface area contributed by atoms with E-state index in [9.17, 15) is 4.79 Å². The molecular weight excluding hydrogens is 296 g/mol. The SMILES string of the molecule is Cc1noc(CO[C@@H]2CCCN(C(=O)NC3CCCCC3)C2)n1. The third-order valence-electron chi connectivity index (χ3n) is 4.61. The molecule has 0 unspecified atom stereocenters. The quantitative estimate of drug-likeness (QED) is 0.920. The molecule has 0 spiro atoms. The molecule has 7 heteroatoms. The van der Waals surface area contributed by atoms with Crippen molar-refractivity contribution in [1.29, 1.82) is 0 Å². The molecule has 2 heterocycles. The summed E-state index contributed by atoms with van der Waals surface area (Å²) in [5, 5.41) is 6.92. The number of nitrogens with one attached hydrogen (secondary N) is 1. The molecule has 0 aromatic carbocycles. The van der Waals surface area contributed by atoms with E-state index >= 15 is 0 Å². The van der Waals surface area contributed by atoms with Gasteiger partial charge in [-0.05, 0) is 32.6 Å². The second kappa shape index (κ2) is 7.77. The summed E-state index contributed by atoms with van der Waals surface area (Å²) in [4.78, 5) is 18.4. The fourth-order valence-electron chi connectivity index (χ4n) is 3.36. The molecule has 0 radical (unpaired) electrons. The highest BCUT2D eigenvalue weighted by Gasteiger charge is 2.26. The number of nitrogens with zero attached hydrogens (tertiary/aromatic N) is 3. The molecule has 23 heavy (non-hydrogen) atoms. The van der Waals surface area contributed by atoms with E-state index in [0.717, 1.165) is 32.2 Å². The van der Waals surface area contributed by atoms with Crippen molar-refractivity contribution in [3.8, 4) is 0 Å². The summed E-state index contributed by atoms with van der Waals surface area (Å²) in [6.07, 6.45) is 7.91. The van der Waals surface area contributed by atoms with Gasteiger partial charge in [-0.1, -0.05) is 24.4 Å². The van der Waals surface area contributed by atoms with Gasteiger partial charge in [0.25, 0.3) is 5.89 Å². The third kappa shape index (κ3) is 4.67. The second-order valence-electron chi connectivity index (χ2n) is 6.54. The Morgan fingerprint density at radius 1 is 1.30 bits per heavy atom. The van der Waals surface area contributed by atoms with Gasteiger partial charge in [0, 0.05) is 19.1 Å². The van der Waals surface area contributed by atoms with Crippen molar-refractivity contribution in [2.24, 2.45) is 0 Å².